The molecule has 0 aliphatic heterocycles. The van der Waals surface area contributed by atoms with E-state index in [0.29, 0.717) is 0 Å². The predicted molar refractivity (Wildman–Crippen MR) is 73.8 cm³/mol. The van der Waals surface area contributed by atoms with Gasteiger partial charge in [0.15, 0.2) is 0 Å². The number of hydrogen-bond acceptors (Lipinski definition) is 6. The highest BCUT2D eigenvalue weighted by Crippen LogP contribution is 2.26. The third-order valence-corrected chi connectivity index (χ3v) is 3.95. The van der Waals surface area contributed by atoms with Gasteiger partial charge in [0, 0.05) is 0 Å². The molecular weight excluding hydrogens is 264 g/mol. The molecule has 6 heteroatoms. The minimum atomic E-state index is 0.939. The Labute approximate surface area is 111 Å². The highest BCUT2D eigenvalue weighted by Gasteiger charge is 2.05. The van der Waals surface area contributed by atoms with E-state index >= 15 is 0 Å². The van der Waals surface area contributed by atoms with E-state index in [1.807, 2.05) is 12.1 Å². The van der Waals surface area contributed by atoms with E-state index in [9.17, 15) is 0 Å². The van der Waals surface area contributed by atoms with Gasteiger partial charge in [-0.15, -0.1) is 0 Å². The lowest BCUT2D eigenvalue weighted by Gasteiger charge is -2.00. The molecule has 0 aliphatic rings. The first-order valence-electron chi connectivity index (χ1n) is 5.35. The van der Waals surface area contributed by atoms with Crippen molar-refractivity contribution in [2.24, 2.45) is 0 Å². The molecule has 86 valence electrons. The quantitative estimate of drug-likeness (QED) is 0.532. The minimum Gasteiger partial charge on any atom is -0.173 e. The Hall–Kier alpha value is -1.92. The van der Waals surface area contributed by atoms with Crippen molar-refractivity contribution < 1.29 is 0 Å². The molecule has 0 unspecified atom stereocenters. The summed E-state index contributed by atoms with van der Waals surface area (Å²) in [5.74, 6) is 0. The van der Waals surface area contributed by atoms with Crippen LogP contribution in [0.1, 0.15) is 0 Å². The highest BCUT2D eigenvalue weighted by molar-refractivity contribution is 7.00. The molecule has 0 bridgehead atoms. The molecule has 2 aromatic heterocycles. The summed E-state index contributed by atoms with van der Waals surface area (Å²) >= 11 is 2.48. The Morgan fingerprint density at radius 3 is 1.50 bits per heavy atom. The van der Waals surface area contributed by atoms with Crippen molar-refractivity contribution in [3.8, 4) is 11.1 Å². The zero-order valence-electron chi connectivity index (χ0n) is 9.07. The predicted octanol–water partition coefficient (Wildman–Crippen LogP) is 3.36. The molecule has 0 saturated carbocycles. The van der Waals surface area contributed by atoms with E-state index in [4.69, 9.17) is 0 Å². The van der Waals surface area contributed by atoms with E-state index in [1.165, 1.54) is 23.5 Å². The Bertz CT molecular complexity index is 777. The molecule has 0 radical (unpaired) electrons. The molecule has 0 fully saturated rings. The topological polar surface area (TPSA) is 51.6 Å². The second-order valence-electron chi connectivity index (χ2n) is 3.94. The summed E-state index contributed by atoms with van der Waals surface area (Å²) in [4.78, 5) is 0. The van der Waals surface area contributed by atoms with Gasteiger partial charge in [0.05, 0.1) is 23.5 Å². The maximum Gasteiger partial charge on any atom is 0.105 e. The van der Waals surface area contributed by atoms with Crippen LogP contribution in [-0.2, 0) is 0 Å². The molecule has 4 rings (SSSR count). The van der Waals surface area contributed by atoms with Crippen LogP contribution in [0.2, 0.25) is 0 Å². The number of aromatic nitrogens is 4. The maximum atomic E-state index is 4.26. The summed E-state index contributed by atoms with van der Waals surface area (Å²) < 4.78 is 16.9. The van der Waals surface area contributed by atoms with Crippen molar-refractivity contribution in [3.05, 3.63) is 36.4 Å². The zero-order valence-corrected chi connectivity index (χ0v) is 10.7. The molecule has 4 aromatic rings. The van der Waals surface area contributed by atoms with E-state index < -0.39 is 0 Å². The van der Waals surface area contributed by atoms with Gasteiger partial charge in [-0.05, 0) is 35.4 Å². The first-order chi connectivity index (χ1) is 8.90. The summed E-state index contributed by atoms with van der Waals surface area (Å²) in [6, 6.07) is 12.2. The number of benzene rings is 2. The maximum absolute atomic E-state index is 4.26. The van der Waals surface area contributed by atoms with Crippen LogP contribution in [0, 0.1) is 0 Å². The first-order valence-corrected chi connectivity index (χ1v) is 6.81. The van der Waals surface area contributed by atoms with Crippen LogP contribution < -0.4 is 0 Å². The van der Waals surface area contributed by atoms with Crippen molar-refractivity contribution in [1.82, 2.24) is 17.5 Å². The SMILES string of the molecule is c1cc2nsnc2cc1-c1ccc2nsnc2c1. The monoisotopic (exact) mass is 270 g/mol. The van der Waals surface area contributed by atoms with Crippen LogP contribution in [0.4, 0.5) is 0 Å². The van der Waals surface area contributed by atoms with E-state index in [-0.39, 0.29) is 0 Å². The molecule has 2 heterocycles. The minimum absolute atomic E-state index is 0.939. The fourth-order valence-electron chi connectivity index (χ4n) is 1.92. The number of hydrogen-bond donors (Lipinski definition) is 0. The molecule has 4 nitrogen and oxygen atoms in total. The lowest BCUT2D eigenvalue weighted by molar-refractivity contribution is 1.59. The van der Waals surface area contributed by atoms with Gasteiger partial charge in [-0.1, -0.05) is 12.1 Å². The van der Waals surface area contributed by atoms with Gasteiger partial charge < -0.3 is 0 Å². The van der Waals surface area contributed by atoms with Crippen molar-refractivity contribution in [2.75, 3.05) is 0 Å². The number of rotatable bonds is 1. The third kappa shape index (κ3) is 1.50. The summed E-state index contributed by atoms with van der Waals surface area (Å²) in [5, 5.41) is 0. The van der Waals surface area contributed by atoms with Gasteiger partial charge in [0.2, 0.25) is 0 Å². The Morgan fingerprint density at radius 1 is 0.556 bits per heavy atom. The Morgan fingerprint density at radius 2 is 1.00 bits per heavy atom. The molecule has 0 N–H and O–H groups in total. The average Bonchev–Trinajstić information content (AvgIpc) is 3.05. The highest BCUT2D eigenvalue weighted by atomic mass is 32.1. The molecule has 0 amide bonds. The number of fused-ring (bicyclic) bond motifs is 2. The van der Waals surface area contributed by atoms with Crippen LogP contribution in [0.15, 0.2) is 36.4 Å². The summed E-state index contributed by atoms with van der Waals surface area (Å²) in [6.45, 7) is 0. The van der Waals surface area contributed by atoms with Gasteiger partial charge in [0.1, 0.15) is 22.1 Å². The van der Waals surface area contributed by atoms with Crippen LogP contribution in [-0.4, -0.2) is 17.5 Å². The van der Waals surface area contributed by atoms with Crippen molar-refractivity contribution in [1.29, 1.82) is 0 Å². The van der Waals surface area contributed by atoms with Gasteiger partial charge in [-0.3, -0.25) is 0 Å². The second kappa shape index (κ2) is 3.79. The van der Waals surface area contributed by atoms with Crippen LogP contribution in [0.25, 0.3) is 33.2 Å². The van der Waals surface area contributed by atoms with Crippen molar-refractivity contribution in [3.63, 3.8) is 0 Å². The molecule has 0 saturated heterocycles. The van der Waals surface area contributed by atoms with Crippen LogP contribution in [0.3, 0.4) is 0 Å². The molecule has 0 atom stereocenters. The number of nitrogens with zero attached hydrogens (tertiary/aromatic N) is 4. The lowest BCUT2D eigenvalue weighted by atomic mass is 10.0. The summed E-state index contributed by atoms with van der Waals surface area (Å²) in [6.07, 6.45) is 0. The molecule has 2 aromatic carbocycles. The average molecular weight is 270 g/mol. The fraction of sp³-hybridized carbons (Fsp3) is 0. The fourth-order valence-corrected chi connectivity index (χ4v) is 2.96. The van der Waals surface area contributed by atoms with Crippen molar-refractivity contribution in [2.45, 2.75) is 0 Å². The van der Waals surface area contributed by atoms with Crippen molar-refractivity contribution >= 4 is 45.5 Å². The standard InChI is InChI=1S/C12H6N4S2/c1-3-9-11(15-17-13-9)5-7(1)8-2-4-10-12(6-8)16-18-14-10/h1-6H. The van der Waals surface area contributed by atoms with Gasteiger partial charge in [0.25, 0.3) is 0 Å². The smallest absolute Gasteiger partial charge is 0.105 e. The first kappa shape index (κ1) is 10.0. The van der Waals surface area contributed by atoms with Gasteiger partial charge in [-0.2, -0.15) is 17.5 Å². The Balaban J connectivity index is 1.93. The largest absolute Gasteiger partial charge is 0.173 e. The van der Waals surface area contributed by atoms with Crippen LogP contribution in [0.5, 0.6) is 0 Å². The molecule has 18 heavy (non-hydrogen) atoms. The summed E-state index contributed by atoms with van der Waals surface area (Å²) in [5.41, 5.74) is 6.03. The van der Waals surface area contributed by atoms with E-state index in [0.717, 1.165) is 33.2 Å². The van der Waals surface area contributed by atoms with Gasteiger partial charge >= 0.3 is 0 Å². The molecular formula is C12H6N4S2. The normalized spacial score (nSPS) is 11.3. The molecule has 0 aliphatic carbocycles. The van der Waals surface area contributed by atoms with Crippen LogP contribution >= 0.6 is 23.5 Å². The Kier molecular flexibility index (Phi) is 2.12. The van der Waals surface area contributed by atoms with E-state index in [1.54, 1.807) is 0 Å². The van der Waals surface area contributed by atoms with E-state index in [2.05, 4.69) is 41.8 Å². The lowest BCUT2D eigenvalue weighted by Crippen LogP contribution is -1.79. The molecule has 0 spiro atoms. The van der Waals surface area contributed by atoms with Gasteiger partial charge in [-0.25, -0.2) is 0 Å². The zero-order chi connectivity index (χ0) is 11.9. The second-order valence-corrected chi connectivity index (χ2v) is 4.99. The summed E-state index contributed by atoms with van der Waals surface area (Å²) in [7, 11) is 0. The third-order valence-electron chi connectivity index (χ3n) is 2.84.